The van der Waals surface area contributed by atoms with Crippen molar-refractivity contribution in [3.63, 3.8) is 0 Å². The zero-order chi connectivity index (χ0) is 14.3. The molecule has 0 bridgehead atoms. The van der Waals surface area contributed by atoms with Crippen LogP contribution in [0.3, 0.4) is 0 Å². The fourth-order valence-corrected chi connectivity index (χ4v) is 2.39. The van der Waals surface area contributed by atoms with Crippen LogP contribution in [0.4, 0.5) is 0 Å². The number of methoxy groups -OCH3 is 1. The first-order valence-electron chi connectivity index (χ1n) is 6.14. The average Bonchev–Trinajstić information content (AvgIpc) is 2.42. The Balaban J connectivity index is 2.88. The van der Waals surface area contributed by atoms with E-state index in [1.807, 2.05) is 25.1 Å². The number of ether oxygens (including phenoxy) is 1. The maximum Gasteiger partial charge on any atom is 0.119 e. The van der Waals surface area contributed by atoms with Gasteiger partial charge in [0.25, 0.3) is 0 Å². The summed E-state index contributed by atoms with van der Waals surface area (Å²) < 4.78 is 5.21. The van der Waals surface area contributed by atoms with Crippen molar-refractivity contribution in [2.75, 3.05) is 13.7 Å². The van der Waals surface area contributed by atoms with Gasteiger partial charge in [0.2, 0.25) is 0 Å². The second kappa shape index (κ2) is 8.11. The minimum atomic E-state index is -0.345. The van der Waals surface area contributed by atoms with Gasteiger partial charge in [0.15, 0.2) is 0 Å². The molecular formula is C15H20O3S. The van der Waals surface area contributed by atoms with E-state index in [1.165, 1.54) is 0 Å². The maximum absolute atomic E-state index is 9.50. The lowest BCUT2D eigenvalue weighted by Gasteiger charge is -2.15. The quantitative estimate of drug-likeness (QED) is 0.810. The first-order valence-corrected chi connectivity index (χ1v) is 7.19. The van der Waals surface area contributed by atoms with Crippen LogP contribution < -0.4 is 4.74 Å². The lowest BCUT2D eigenvalue weighted by molar-refractivity contribution is 0.196. The largest absolute Gasteiger partial charge is 0.497 e. The van der Waals surface area contributed by atoms with Crippen LogP contribution in [-0.4, -0.2) is 35.3 Å². The fourth-order valence-electron chi connectivity index (χ4n) is 1.43. The third-order valence-corrected chi connectivity index (χ3v) is 4.19. The molecule has 1 aromatic rings. The van der Waals surface area contributed by atoms with Crippen LogP contribution in [0, 0.1) is 11.8 Å². The SMILES string of the molecule is COc1ccc(C#CCO)c(CSC(C)C(C)O)c1. The lowest BCUT2D eigenvalue weighted by Crippen LogP contribution is -2.15. The summed E-state index contributed by atoms with van der Waals surface area (Å²) in [6.45, 7) is 3.63. The third kappa shape index (κ3) is 5.15. The Bertz CT molecular complexity index is 460. The zero-order valence-electron chi connectivity index (χ0n) is 11.5. The summed E-state index contributed by atoms with van der Waals surface area (Å²) in [6.07, 6.45) is -0.345. The Kier molecular flexibility index (Phi) is 6.79. The van der Waals surface area contributed by atoms with Crippen molar-refractivity contribution in [1.82, 2.24) is 0 Å². The van der Waals surface area contributed by atoms with Crippen LogP contribution in [0.25, 0.3) is 0 Å². The summed E-state index contributed by atoms with van der Waals surface area (Å²) in [6, 6.07) is 5.70. The van der Waals surface area contributed by atoms with Gasteiger partial charge in [-0.1, -0.05) is 18.8 Å². The monoisotopic (exact) mass is 280 g/mol. The topological polar surface area (TPSA) is 49.7 Å². The van der Waals surface area contributed by atoms with Gasteiger partial charge >= 0.3 is 0 Å². The molecule has 0 heterocycles. The number of rotatable bonds is 5. The molecule has 0 amide bonds. The Hall–Kier alpha value is -1.15. The molecule has 0 radical (unpaired) electrons. The second-order valence-electron chi connectivity index (χ2n) is 4.24. The standard InChI is InChI=1S/C15H20O3S/c1-11(17)12(2)19-10-14-9-15(18-3)7-6-13(14)5-4-8-16/h6-7,9,11-12,16-17H,8,10H2,1-3H3. The summed E-state index contributed by atoms with van der Waals surface area (Å²) in [7, 11) is 1.63. The van der Waals surface area contributed by atoms with Crippen molar-refractivity contribution in [3.8, 4) is 17.6 Å². The summed E-state index contributed by atoms with van der Waals surface area (Å²) in [5.41, 5.74) is 1.94. The molecule has 3 nitrogen and oxygen atoms in total. The molecule has 0 saturated carbocycles. The van der Waals surface area contributed by atoms with Gasteiger partial charge in [-0.3, -0.25) is 0 Å². The van der Waals surface area contributed by atoms with Crippen molar-refractivity contribution in [2.24, 2.45) is 0 Å². The van der Waals surface area contributed by atoms with Crippen molar-refractivity contribution in [1.29, 1.82) is 0 Å². The highest BCUT2D eigenvalue weighted by molar-refractivity contribution is 7.99. The highest BCUT2D eigenvalue weighted by Crippen LogP contribution is 2.25. The van der Waals surface area contributed by atoms with E-state index < -0.39 is 0 Å². The van der Waals surface area contributed by atoms with E-state index in [9.17, 15) is 5.11 Å². The highest BCUT2D eigenvalue weighted by atomic mass is 32.2. The molecule has 0 aliphatic heterocycles. The molecule has 0 aliphatic carbocycles. The number of aliphatic hydroxyl groups is 2. The van der Waals surface area contributed by atoms with Gasteiger partial charge < -0.3 is 14.9 Å². The number of hydrogen-bond donors (Lipinski definition) is 2. The number of thioether (sulfide) groups is 1. The van der Waals surface area contributed by atoms with Crippen LogP contribution in [0.15, 0.2) is 18.2 Å². The van der Waals surface area contributed by atoms with Gasteiger partial charge in [-0.2, -0.15) is 11.8 Å². The number of aliphatic hydroxyl groups excluding tert-OH is 2. The molecule has 0 saturated heterocycles. The zero-order valence-corrected chi connectivity index (χ0v) is 12.3. The van der Waals surface area contributed by atoms with Gasteiger partial charge in [0.1, 0.15) is 12.4 Å². The van der Waals surface area contributed by atoms with Gasteiger partial charge in [-0.25, -0.2) is 0 Å². The molecule has 0 fully saturated rings. The summed E-state index contributed by atoms with van der Waals surface area (Å²) >= 11 is 1.67. The summed E-state index contributed by atoms with van der Waals surface area (Å²) in [5, 5.41) is 18.4. The minimum Gasteiger partial charge on any atom is -0.497 e. The number of hydrogen-bond acceptors (Lipinski definition) is 4. The molecule has 2 unspecified atom stereocenters. The smallest absolute Gasteiger partial charge is 0.119 e. The molecule has 1 rings (SSSR count). The van der Waals surface area contributed by atoms with Crippen LogP contribution in [0.1, 0.15) is 25.0 Å². The Morgan fingerprint density at radius 3 is 2.68 bits per heavy atom. The van der Waals surface area contributed by atoms with Gasteiger partial charge in [-0.05, 0) is 30.7 Å². The Morgan fingerprint density at radius 2 is 2.11 bits per heavy atom. The first kappa shape index (κ1) is 15.9. The van der Waals surface area contributed by atoms with Crippen molar-refractivity contribution in [2.45, 2.75) is 31.0 Å². The summed E-state index contributed by atoms with van der Waals surface area (Å²) in [4.78, 5) is 0. The molecule has 0 aromatic heterocycles. The van der Waals surface area contributed by atoms with E-state index in [-0.39, 0.29) is 18.0 Å². The molecule has 0 spiro atoms. The summed E-state index contributed by atoms with van der Waals surface area (Å²) in [5.74, 6) is 7.13. The highest BCUT2D eigenvalue weighted by Gasteiger charge is 2.11. The van der Waals surface area contributed by atoms with E-state index in [0.29, 0.717) is 0 Å². The lowest BCUT2D eigenvalue weighted by atomic mass is 10.1. The van der Waals surface area contributed by atoms with Crippen molar-refractivity contribution >= 4 is 11.8 Å². The predicted molar refractivity (Wildman–Crippen MR) is 79.4 cm³/mol. The van der Waals surface area contributed by atoms with Gasteiger partial charge in [0.05, 0.1) is 13.2 Å². The fraction of sp³-hybridized carbons (Fsp3) is 0.467. The molecule has 1 aromatic carbocycles. The average molecular weight is 280 g/mol. The Morgan fingerprint density at radius 1 is 1.37 bits per heavy atom. The third-order valence-electron chi connectivity index (χ3n) is 2.80. The van der Waals surface area contributed by atoms with Crippen LogP contribution >= 0.6 is 11.8 Å². The van der Waals surface area contributed by atoms with E-state index in [4.69, 9.17) is 9.84 Å². The van der Waals surface area contributed by atoms with E-state index in [0.717, 1.165) is 22.6 Å². The van der Waals surface area contributed by atoms with E-state index in [1.54, 1.807) is 25.8 Å². The van der Waals surface area contributed by atoms with Crippen molar-refractivity contribution in [3.05, 3.63) is 29.3 Å². The van der Waals surface area contributed by atoms with Gasteiger partial charge in [-0.15, -0.1) is 0 Å². The van der Waals surface area contributed by atoms with Crippen molar-refractivity contribution < 1.29 is 14.9 Å². The van der Waals surface area contributed by atoms with Crippen LogP contribution in [0.5, 0.6) is 5.75 Å². The molecule has 0 aliphatic rings. The van der Waals surface area contributed by atoms with Crippen LogP contribution in [0.2, 0.25) is 0 Å². The Labute approximate surface area is 119 Å². The molecule has 104 valence electrons. The van der Waals surface area contributed by atoms with Gasteiger partial charge in [0, 0.05) is 16.6 Å². The molecule has 19 heavy (non-hydrogen) atoms. The maximum atomic E-state index is 9.50. The van der Waals surface area contributed by atoms with Crippen LogP contribution in [-0.2, 0) is 5.75 Å². The number of benzene rings is 1. The normalized spacial score (nSPS) is 13.3. The molecule has 2 atom stereocenters. The van der Waals surface area contributed by atoms with E-state index >= 15 is 0 Å². The molecular weight excluding hydrogens is 260 g/mol. The second-order valence-corrected chi connectivity index (χ2v) is 5.61. The first-order chi connectivity index (χ1) is 9.08. The molecule has 2 N–H and O–H groups in total. The molecule has 4 heteroatoms. The minimum absolute atomic E-state index is 0.150. The van der Waals surface area contributed by atoms with E-state index in [2.05, 4.69) is 11.8 Å². The predicted octanol–water partition coefficient (Wildman–Crippen LogP) is 2.04.